The van der Waals surface area contributed by atoms with Crippen LogP contribution in [-0.4, -0.2) is 10.9 Å². The SMILES string of the molecule is O=C1OC2(CCCC2)Sc2ccc3ccccc3c21. The molecule has 19 heavy (non-hydrogen) atoms. The van der Waals surface area contributed by atoms with E-state index in [-0.39, 0.29) is 10.9 Å². The smallest absolute Gasteiger partial charge is 0.341 e. The molecule has 0 bridgehead atoms. The van der Waals surface area contributed by atoms with Crippen LogP contribution in [0.15, 0.2) is 41.3 Å². The minimum Gasteiger partial charge on any atom is -0.444 e. The summed E-state index contributed by atoms with van der Waals surface area (Å²) in [4.78, 5) is 13.2. The molecule has 2 nitrogen and oxygen atoms in total. The second-order valence-corrected chi connectivity index (χ2v) is 6.66. The van der Waals surface area contributed by atoms with Crippen LogP contribution in [0.4, 0.5) is 0 Å². The first-order chi connectivity index (χ1) is 9.27. The van der Waals surface area contributed by atoms with Crippen LogP contribution in [0.25, 0.3) is 10.8 Å². The van der Waals surface area contributed by atoms with Crippen LogP contribution in [0, 0.1) is 0 Å². The quantitative estimate of drug-likeness (QED) is 0.665. The Kier molecular flexibility index (Phi) is 2.39. The van der Waals surface area contributed by atoms with Gasteiger partial charge in [0.2, 0.25) is 0 Å². The van der Waals surface area contributed by atoms with Crippen molar-refractivity contribution in [2.45, 2.75) is 35.5 Å². The summed E-state index contributed by atoms with van der Waals surface area (Å²) >= 11 is 1.74. The molecule has 1 heterocycles. The molecule has 1 fully saturated rings. The molecule has 2 aliphatic rings. The van der Waals surface area contributed by atoms with Gasteiger partial charge in [0, 0.05) is 4.90 Å². The number of hydrogen-bond acceptors (Lipinski definition) is 3. The lowest BCUT2D eigenvalue weighted by Gasteiger charge is -2.33. The van der Waals surface area contributed by atoms with Gasteiger partial charge in [0.1, 0.15) is 0 Å². The van der Waals surface area contributed by atoms with E-state index < -0.39 is 0 Å². The van der Waals surface area contributed by atoms with E-state index in [9.17, 15) is 4.79 Å². The Morgan fingerprint density at radius 1 is 1.05 bits per heavy atom. The van der Waals surface area contributed by atoms with Gasteiger partial charge in [-0.1, -0.05) is 42.1 Å². The van der Waals surface area contributed by atoms with E-state index in [1.165, 1.54) is 0 Å². The summed E-state index contributed by atoms with van der Waals surface area (Å²) in [5.74, 6) is -0.146. The van der Waals surface area contributed by atoms with Gasteiger partial charge in [-0.25, -0.2) is 4.79 Å². The summed E-state index contributed by atoms with van der Waals surface area (Å²) in [7, 11) is 0. The Morgan fingerprint density at radius 3 is 2.68 bits per heavy atom. The highest BCUT2D eigenvalue weighted by atomic mass is 32.2. The average molecular weight is 270 g/mol. The van der Waals surface area contributed by atoms with Crippen LogP contribution >= 0.6 is 11.8 Å². The molecule has 1 spiro atoms. The lowest BCUT2D eigenvalue weighted by molar-refractivity contribution is 0.0198. The molecule has 0 atom stereocenters. The third-order valence-electron chi connectivity index (χ3n) is 4.03. The number of thioether (sulfide) groups is 1. The number of carbonyl (C=O) groups is 1. The first-order valence-electron chi connectivity index (χ1n) is 6.72. The number of hydrogen-bond donors (Lipinski definition) is 0. The van der Waals surface area contributed by atoms with Crippen molar-refractivity contribution in [3.63, 3.8) is 0 Å². The molecule has 0 amide bonds. The van der Waals surface area contributed by atoms with Crippen LogP contribution in [-0.2, 0) is 4.74 Å². The first kappa shape index (κ1) is 11.4. The van der Waals surface area contributed by atoms with Gasteiger partial charge in [-0.3, -0.25) is 0 Å². The van der Waals surface area contributed by atoms with Gasteiger partial charge in [-0.15, -0.1) is 0 Å². The Balaban J connectivity index is 1.91. The van der Waals surface area contributed by atoms with Gasteiger partial charge in [-0.2, -0.15) is 0 Å². The Hall–Kier alpha value is -1.48. The standard InChI is InChI=1S/C16H14O2S/c17-15-14-12-6-2-1-5-11(12)7-8-13(14)19-16(18-15)9-3-4-10-16/h1-2,5-8H,3-4,9-10H2. The molecule has 3 heteroatoms. The van der Waals surface area contributed by atoms with E-state index in [4.69, 9.17) is 4.74 Å². The van der Waals surface area contributed by atoms with Crippen LogP contribution in [0.5, 0.6) is 0 Å². The molecule has 1 saturated carbocycles. The highest BCUT2D eigenvalue weighted by Crippen LogP contribution is 2.51. The average Bonchev–Trinajstić information content (AvgIpc) is 2.85. The molecule has 0 N–H and O–H groups in total. The summed E-state index contributed by atoms with van der Waals surface area (Å²) in [6, 6.07) is 12.2. The van der Waals surface area contributed by atoms with E-state index in [1.807, 2.05) is 24.3 Å². The van der Waals surface area contributed by atoms with Crippen molar-refractivity contribution in [3.05, 3.63) is 42.0 Å². The van der Waals surface area contributed by atoms with Crippen molar-refractivity contribution in [2.24, 2.45) is 0 Å². The zero-order chi connectivity index (χ0) is 12.9. The van der Waals surface area contributed by atoms with Crippen LogP contribution < -0.4 is 0 Å². The minimum atomic E-state index is -0.285. The number of ether oxygens (including phenoxy) is 1. The molecule has 1 aliphatic heterocycles. The normalized spacial score (nSPS) is 20.5. The molecule has 4 rings (SSSR count). The first-order valence-corrected chi connectivity index (χ1v) is 7.53. The fourth-order valence-electron chi connectivity index (χ4n) is 3.11. The van der Waals surface area contributed by atoms with E-state index in [1.54, 1.807) is 11.8 Å². The molecule has 2 aromatic rings. The molecule has 1 aliphatic carbocycles. The summed E-state index contributed by atoms with van der Waals surface area (Å²) in [5, 5.41) is 2.10. The second kappa shape index (κ2) is 4.01. The van der Waals surface area contributed by atoms with Gasteiger partial charge >= 0.3 is 5.97 Å². The summed E-state index contributed by atoms with van der Waals surface area (Å²) < 4.78 is 5.79. The largest absolute Gasteiger partial charge is 0.444 e. The van der Waals surface area contributed by atoms with Crippen molar-refractivity contribution in [1.29, 1.82) is 0 Å². The summed E-state index contributed by atoms with van der Waals surface area (Å²) in [5.41, 5.74) is 0.751. The molecule has 0 saturated heterocycles. The highest BCUT2D eigenvalue weighted by molar-refractivity contribution is 8.00. The van der Waals surface area contributed by atoms with Crippen LogP contribution in [0.3, 0.4) is 0 Å². The number of fused-ring (bicyclic) bond motifs is 3. The maximum Gasteiger partial charge on any atom is 0.341 e. The topological polar surface area (TPSA) is 26.3 Å². The van der Waals surface area contributed by atoms with E-state index in [0.717, 1.165) is 46.9 Å². The Labute approximate surface area is 116 Å². The fraction of sp³-hybridized carbons (Fsp3) is 0.312. The van der Waals surface area contributed by atoms with Crippen molar-refractivity contribution in [3.8, 4) is 0 Å². The third kappa shape index (κ3) is 1.68. The van der Waals surface area contributed by atoms with Gasteiger partial charge in [0.25, 0.3) is 0 Å². The van der Waals surface area contributed by atoms with Crippen molar-refractivity contribution < 1.29 is 9.53 Å². The van der Waals surface area contributed by atoms with Gasteiger partial charge in [-0.05, 0) is 42.5 Å². The van der Waals surface area contributed by atoms with E-state index >= 15 is 0 Å². The van der Waals surface area contributed by atoms with Gasteiger partial charge in [0.15, 0.2) is 4.93 Å². The second-order valence-electron chi connectivity index (χ2n) is 5.27. The lowest BCUT2D eigenvalue weighted by Crippen LogP contribution is -2.32. The van der Waals surface area contributed by atoms with Crippen LogP contribution in [0.2, 0.25) is 0 Å². The van der Waals surface area contributed by atoms with Gasteiger partial charge < -0.3 is 4.74 Å². The Bertz CT molecular complexity index is 672. The third-order valence-corrected chi connectivity index (χ3v) is 5.46. The lowest BCUT2D eigenvalue weighted by atomic mass is 10.0. The molecule has 0 unspecified atom stereocenters. The number of rotatable bonds is 0. The number of esters is 1. The predicted octanol–water partition coefficient (Wildman–Crippen LogP) is 4.37. The molecular formula is C16H14O2S. The number of benzene rings is 2. The molecule has 0 aromatic heterocycles. The minimum absolute atomic E-state index is 0.146. The maximum atomic E-state index is 12.4. The van der Waals surface area contributed by atoms with E-state index in [0.29, 0.717) is 0 Å². The number of carbonyl (C=O) groups excluding carboxylic acids is 1. The van der Waals surface area contributed by atoms with Crippen LogP contribution in [0.1, 0.15) is 36.0 Å². The summed E-state index contributed by atoms with van der Waals surface area (Å²) in [6.07, 6.45) is 4.28. The molecule has 0 radical (unpaired) electrons. The van der Waals surface area contributed by atoms with Crippen molar-refractivity contribution in [1.82, 2.24) is 0 Å². The summed E-state index contributed by atoms with van der Waals surface area (Å²) in [6.45, 7) is 0. The fourth-order valence-corrected chi connectivity index (χ4v) is 4.55. The van der Waals surface area contributed by atoms with Gasteiger partial charge in [0.05, 0.1) is 5.56 Å². The monoisotopic (exact) mass is 270 g/mol. The zero-order valence-electron chi connectivity index (χ0n) is 10.5. The zero-order valence-corrected chi connectivity index (χ0v) is 11.3. The molecular weight excluding hydrogens is 256 g/mol. The molecule has 2 aromatic carbocycles. The maximum absolute atomic E-state index is 12.4. The van der Waals surface area contributed by atoms with Crippen molar-refractivity contribution >= 4 is 28.5 Å². The predicted molar refractivity (Wildman–Crippen MR) is 76.4 cm³/mol. The Morgan fingerprint density at radius 2 is 1.84 bits per heavy atom. The molecule has 96 valence electrons. The highest BCUT2D eigenvalue weighted by Gasteiger charge is 2.43. The van der Waals surface area contributed by atoms with E-state index in [2.05, 4.69) is 12.1 Å². The van der Waals surface area contributed by atoms with Crippen molar-refractivity contribution in [2.75, 3.05) is 0 Å².